The molecule has 1 aromatic heterocycles. The molecule has 3 nitrogen and oxygen atoms in total. The van der Waals surface area contributed by atoms with Crippen LogP contribution in [0.3, 0.4) is 0 Å². The van der Waals surface area contributed by atoms with Gasteiger partial charge in [-0.25, -0.2) is 9.37 Å². The number of pyridine rings is 1. The Labute approximate surface area is 113 Å². The number of hydrogen-bond acceptors (Lipinski definition) is 3. The second kappa shape index (κ2) is 5.46. The highest BCUT2D eigenvalue weighted by Gasteiger charge is 2.07. The molecule has 0 unspecified atom stereocenters. The summed E-state index contributed by atoms with van der Waals surface area (Å²) in [6, 6.07) is 7.97. The van der Waals surface area contributed by atoms with Gasteiger partial charge in [-0.15, -0.1) is 0 Å². The standard InChI is InChI=1S/C13H12BrFN2O/c1-8(16)9-2-5-13(17-7-9)18-12-4-3-10(14)6-11(12)15/h2-8H,16H2,1H3/t8-/m0/s1. The highest BCUT2D eigenvalue weighted by atomic mass is 79.9. The molecule has 5 heteroatoms. The zero-order valence-electron chi connectivity index (χ0n) is 9.73. The van der Waals surface area contributed by atoms with E-state index in [1.54, 1.807) is 24.4 Å². The van der Waals surface area contributed by atoms with Gasteiger partial charge in [-0.3, -0.25) is 0 Å². The maximum Gasteiger partial charge on any atom is 0.219 e. The highest BCUT2D eigenvalue weighted by molar-refractivity contribution is 9.10. The first-order valence-electron chi connectivity index (χ1n) is 5.40. The van der Waals surface area contributed by atoms with Crippen LogP contribution in [0.1, 0.15) is 18.5 Å². The minimum absolute atomic E-state index is 0.0871. The molecule has 0 radical (unpaired) electrons. The summed E-state index contributed by atoms with van der Waals surface area (Å²) >= 11 is 3.18. The van der Waals surface area contributed by atoms with E-state index in [9.17, 15) is 4.39 Å². The lowest BCUT2D eigenvalue weighted by Crippen LogP contribution is -2.05. The van der Waals surface area contributed by atoms with Crippen molar-refractivity contribution in [1.29, 1.82) is 0 Å². The first kappa shape index (κ1) is 13.0. The van der Waals surface area contributed by atoms with Gasteiger partial charge in [-0.05, 0) is 30.7 Å². The van der Waals surface area contributed by atoms with Gasteiger partial charge in [0.25, 0.3) is 0 Å². The number of rotatable bonds is 3. The molecule has 0 saturated carbocycles. The average molecular weight is 311 g/mol. The Morgan fingerprint density at radius 2 is 2.11 bits per heavy atom. The molecule has 18 heavy (non-hydrogen) atoms. The number of aromatic nitrogens is 1. The lowest BCUT2D eigenvalue weighted by atomic mass is 10.2. The largest absolute Gasteiger partial charge is 0.436 e. The molecule has 0 fully saturated rings. The van der Waals surface area contributed by atoms with Crippen LogP contribution in [0, 0.1) is 5.82 Å². The van der Waals surface area contributed by atoms with Gasteiger partial charge in [0.05, 0.1) is 0 Å². The second-order valence-electron chi connectivity index (χ2n) is 3.90. The molecule has 1 atom stereocenters. The smallest absolute Gasteiger partial charge is 0.219 e. The summed E-state index contributed by atoms with van der Waals surface area (Å²) < 4.78 is 19.6. The molecule has 0 saturated heterocycles. The lowest BCUT2D eigenvalue weighted by molar-refractivity contribution is 0.427. The summed E-state index contributed by atoms with van der Waals surface area (Å²) in [5.74, 6) is 0.0299. The van der Waals surface area contributed by atoms with Crippen molar-refractivity contribution in [2.24, 2.45) is 5.73 Å². The van der Waals surface area contributed by atoms with E-state index in [0.29, 0.717) is 10.4 Å². The maximum absolute atomic E-state index is 13.5. The van der Waals surface area contributed by atoms with Gasteiger partial charge in [0.15, 0.2) is 11.6 Å². The Hall–Kier alpha value is -1.46. The van der Waals surface area contributed by atoms with E-state index in [1.165, 1.54) is 6.07 Å². The predicted molar refractivity (Wildman–Crippen MR) is 71.0 cm³/mol. The van der Waals surface area contributed by atoms with Crippen molar-refractivity contribution in [2.75, 3.05) is 0 Å². The molecule has 94 valence electrons. The molecule has 1 heterocycles. The van der Waals surface area contributed by atoms with Crippen LogP contribution in [0.4, 0.5) is 4.39 Å². The number of ether oxygens (including phenoxy) is 1. The molecule has 1 aromatic carbocycles. The fourth-order valence-electron chi connectivity index (χ4n) is 1.39. The molecule has 0 spiro atoms. The number of hydrogen-bond donors (Lipinski definition) is 1. The molecule has 2 aromatic rings. The van der Waals surface area contributed by atoms with Crippen LogP contribution in [0.5, 0.6) is 11.6 Å². The number of nitrogens with zero attached hydrogens (tertiary/aromatic N) is 1. The van der Waals surface area contributed by atoms with Gasteiger partial charge in [-0.1, -0.05) is 22.0 Å². The second-order valence-corrected chi connectivity index (χ2v) is 4.81. The zero-order valence-corrected chi connectivity index (χ0v) is 11.3. The van der Waals surface area contributed by atoms with Crippen molar-refractivity contribution in [1.82, 2.24) is 4.98 Å². The normalized spacial score (nSPS) is 12.2. The Bertz CT molecular complexity index is 543. The fraction of sp³-hybridized carbons (Fsp3) is 0.154. The van der Waals surface area contributed by atoms with Crippen LogP contribution in [-0.2, 0) is 0 Å². The van der Waals surface area contributed by atoms with Gasteiger partial charge in [0, 0.05) is 22.8 Å². The summed E-state index contributed by atoms with van der Waals surface area (Å²) in [7, 11) is 0. The van der Waals surface area contributed by atoms with Gasteiger partial charge >= 0.3 is 0 Å². The molecule has 0 amide bonds. The zero-order chi connectivity index (χ0) is 13.1. The summed E-state index contributed by atoms with van der Waals surface area (Å²) in [5.41, 5.74) is 6.61. The number of benzene rings is 1. The van der Waals surface area contributed by atoms with E-state index in [-0.39, 0.29) is 11.8 Å². The van der Waals surface area contributed by atoms with Crippen molar-refractivity contribution in [3.05, 3.63) is 52.4 Å². The number of halogens is 2. The molecule has 0 aliphatic carbocycles. The van der Waals surface area contributed by atoms with Gasteiger partial charge in [0.1, 0.15) is 0 Å². The third kappa shape index (κ3) is 3.05. The molecule has 2 N–H and O–H groups in total. The molecular formula is C13H12BrFN2O. The first-order valence-corrected chi connectivity index (χ1v) is 6.20. The van der Waals surface area contributed by atoms with Gasteiger partial charge in [-0.2, -0.15) is 0 Å². The number of nitrogens with two attached hydrogens (primary N) is 1. The Morgan fingerprint density at radius 3 is 2.67 bits per heavy atom. The van der Waals surface area contributed by atoms with Crippen molar-refractivity contribution in [3.63, 3.8) is 0 Å². The minimum atomic E-state index is -0.442. The van der Waals surface area contributed by atoms with Gasteiger partial charge in [0.2, 0.25) is 5.88 Å². The van der Waals surface area contributed by atoms with Crippen molar-refractivity contribution >= 4 is 15.9 Å². The summed E-state index contributed by atoms with van der Waals surface area (Å²) in [6.07, 6.45) is 1.62. The maximum atomic E-state index is 13.5. The lowest BCUT2D eigenvalue weighted by Gasteiger charge is -2.08. The summed E-state index contributed by atoms with van der Waals surface area (Å²) in [4.78, 5) is 4.08. The van der Waals surface area contributed by atoms with Crippen LogP contribution >= 0.6 is 15.9 Å². The van der Waals surface area contributed by atoms with Crippen molar-refractivity contribution in [2.45, 2.75) is 13.0 Å². The molecule has 2 rings (SSSR count). The molecule has 0 aliphatic rings. The van der Waals surface area contributed by atoms with Gasteiger partial charge < -0.3 is 10.5 Å². The Kier molecular flexibility index (Phi) is 3.93. The predicted octanol–water partition coefficient (Wildman–Crippen LogP) is 3.80. The molecular weight excluding hydrogens is 299 g/mol. The molecule has 0 aliphatic heterocycles. The van der Waals surface area contributed by atoms with E-state index < -0.39 is 5.82 Å². The van der Waals surface area contributed by atoms with Crippen molar-refractivity contribution in [3.8, 4) is 11.6 Å². The van der Waals surface area contributed by atoms with E-state index in [2.05, 4.69) is 20.9 Å². The first-order chi connectivity index (χ1) is 8.56. The minimum Gasteiger partial charge on any atom is -0.436 e. The van der Waals surface area contributed by atoms with E-state index in [1.807, 2.05) is 13.0 Å². The Balaban J connectivity index is 2.18. The van der Waals surface area contributed by atoms with Crippen LogP contribution in [0.15, 0.2) is 41.0 Å². The SMILES string of the molecule is C[C@H](N)c1ccc(Oc2ccc(Br)cc2F)nc1. The topological polar surface area (TPSA) is 48.1 Å². The Morgan fingerprint density at radius 1 is 1.33 bits per heavy atom. The van der Waals surface area contributed by atoms with Crippen LogP contribution in [0.2, 0.25) is 0 Å². The summed E-state index contributed by atoms with van der Waals surface area (Å²) in [6.45, 7) is 1.87. The highest BCUT2D eigenvalue weighted by Crippen LogP contribution is 2.26. The van der Waals surface area contributed by atoms with Crippen LogP contribution in [-0.4, -0.2) is 4.98 Å². The average Bonchev–Trinajstić information content (AvgIpc) is 2.33. The fourth-order valence-corrected chi connectivity index (χ4v) is 1.73. The van der Waals surface area contributed by atoms with E-state index >= 15 is 0 Å². The van der Waals surface area contributed by atoms with E-state index in [4.69, 9.17) is 10.5 Å². The third-order valence-electron chi connectivity index (χ3n) is 2.39. The van der Waals surface area contributed by atoms with E-state index in [0.717, 1.165) is 5.56 Å². The third-order valence-corrected chi connectivity index (χ3v) is 2.89. The quantitative estimate of drug-likeness (QED) is 0.938. The van der Waals surface area contributed by atoms with Crippen LogP contribution in [0.25, 0.3) is 0 Å². The summed E-state index contributed by atoms with van der Waals surface area (Å²) in [5, 5.41) is 0. The van der Waals surface area contributed by atoms with Crippen LogP contribution < -0.4 is 10.5 Å². The monoisotopic (exact) mass is 310 g/mol. The molecule has 0 bridgehead atoms. The van der Waals surface area contributed by atoms with Crippen molar-refractivity contribution < 1.29 is 9.13 Å².